The molecule has 0 heterocycles. The van der Waals surface area contributed by atoms with Crippen molar-refractivity contribution in [3.8, 4) is 0 Å². The molecule has 5 heteroatoms. The van der Waals surface area contributed by atoms with Crippen LogP contribution in [0.3, 0.4) is 0 Å². The van der Waals surface area contributed by atoms with Crippen LogP contribution < -0.4 is 5.32 Å². The number of benzene rings is 1. The van der Waals surface area contributed by atoms with Gasteiger partial charge in [-0.15, -0.1) is 0 Å². The molecule has 1 amide bonds. The number of ketones is 1. The molecule has 0 fully saturated rings. The van der Waals surface area contributed by atoms with E-state index >= 15 is 0 Å². The number of Topliss-reactive ketones (excluding diaryl/α,β-unsaturated/α-hetero) is 1. The molecule has 0 bridgehead atoms. The number of nitrogens with one attached hydrogen (secondary N) is 1. The third-order valence-electron chi connectivity index (χ3n) is 3.51. The van der Waals surface area contributed by atoms with Gasteiger partial charge in [0.25, 0.3) is 5.91 Å². The summed E-state index contributed by atoms with van der Waals surface area (Å²) in [6.45, 7) is 10.4. The summed E-state index contributed by atoms with van der Waals surface area (Å²) in [5, 5.41) is 2.86. The average Bonchev–Trinajstić information content (AvgIpc) is 2.58. The Morgan fingerprint density at radius 2 is 1.60 bits per heavy atom. The molecule has 0 aliphatic carbocycles. The maximum absolute atomic E-state index is 12.1. The zero-order valence-electron chi connectivity index (χ0n) is 15.8. The second-order valence-corrected chi connectivity index (χ2v) is 6.74. The van der Waals surface area contributed by atoms with Gasteiger partial charge < -0.3 is 14.8 Å². The number of hydrogen-bond donors (Lipinski definition) is 1. The van der Waals surface area contributed by atoms with Crippen LogP contribution in [-0.2, 0) is 9.47 Å². The van der Waals surface area contributed by atoms with E-state index in [9.17, 15) is 9.59 Å². The Morgan fingerprint density at radius 1 is 0.960 bits per heavy atom. The van der Waals surface area contributed by atoms with Gasteiger partial charge in [0.05, 0.1) is 19.3 Å². The van der Waals surface area contributed by atoms with Crippen LogP contribution in [0.1, 0.15) is 61.3 Å². The standard InChI is InChI=1S/C20H31NO4/c1-15(2)14-21-20(23)18-9-7-17(8-10-18)19(22)6-5-11-24-12-13-25-16(3)4/h7-10,15-16H,5-6,11-14H2,1-4H3,(H,21,23). The van der Waals surface area contributed by atoms with Crippen LogP contribution in [0.4, 0.5) is 0 Å². The Balaban J connectivity index is 2.28. The number of ether oxygens (including phenoxy) is 2. The summed E-state index contributed by atoms with van der Waals surface area (Å²) >= 11 is 0. The highest BCUT2D eigenvalue weighted by molar-refractivity contribution is 5.98. The molecule has 0 unspecified atom stereocenters. The van der Waals surface area contributed by atoms with Crippen molar-refractivity contribution in [2.45, 2.75) is 46.6 Å². The molecule has 0 aromatic heterocycles. The van der Waals surface area contributed by atoms with Crippen molar-refractivity contribution in [1.29, 1.82) is 0 Å². The Hall–Kier alpha value is -1.72. The fourth-order valence-electron chi connectivity index (χ4n) is 2.13. The number of carbonyl (C=O) groups is 2. The third kappa shape index (κ3) is 9.37. The zero-order chi connectivity index (χ0) is 18.7. The first kappa shape index (κ1) is 21.3. The van der Waals surface area contributed by atoms with Gasteiger partial charge in [-0.3, -0.25) is 9.59 Å². The summed E-state index contributed by atoms with van der Waals surface area (Å²) in [6.07, 6.45) is 1.32. The van der Waals surface area contributed by atoms with Crippen LogP contribution in [0, 0.1) is 5.92 Å². The van der Waals surface area contributed by atoms with Gasteiger partial charge in [0.2, 0.25) is 0 Å². The summed E-state index contributed by atoms with van der Waals surface area (Å²) in [7, 11) is 0. The summed E-state index contributed by atoms with van der Waals surface area (Å²) in [6, 6.07) is 6.82. The van der Waals surface area contributed by atoms with E-state index in [1.54, 1.807) is 24.3 Å². The van der Waals surface area contributed by atoms with Crippen LogP contribution >= 0.6 is 0 Å². The molecule has 0 saturated carbocycles. The smallest absolute Gasteiger partial charge is 0.251 e. The minimum absolute atomic E-state index is 0.0659. The fraction of sp³-hybridized carbons (Fsp3) is 0.600. The normalized spacial score (nSPS) is 11.1. The molecule has 0 spiro atoms. The summed E-state index contributed by atoms with van der Waals surface area (Å²) in [5.74, 6) is 0.366. The minimum atomic E-state index is -0.107. The van der Waals surface area contributed by atoms with Crippen molar-refractivity contribution >= 4 is 11.7 Å². The highest BCUT2D eigenvalue weighted by Crippen LogP contribution is 2.09. The summed E-state index contributed by atoms with van der Waals surface area (Å²) in [5.41, 5.74) is 1.20. The van der Waals surface area contributed by atoms with Gasteiger partial charge in [0.1, 0.15) is 0 Å². The Kier molecular flexibility index (Phi) is 10.0. The monoisotopic (exact) mass is 349 g/mol. The number of rotatable bonds is 12. The topological polar surface area (TPSA) is 64.6 Å². The zero-order valence-corrected chi connectivity index (χ0v) is 15.8. The van der Waals surface area contributed by atoms with Crippen LogP contribution in [0.2, 0.25) is 0 Å². The first-order chi connectivity index (χ1) is 11.9. The summed E-state index contributed by atoms with van der Waals surface area (Å²) < 4.78 is 10.8. The molecule has 0 atom stereocenters. The van der Waals surface area contributed by atoms with Gasteiger partial charge in [0, 0.05) is 30.7 Å². The van der Waals surface area contributed by atoms with E-state index in [-0.39, 0.29) is 17.8 Å². The van der Waals surface area contributed by atoms with Gasteiger partial charge in [-0.2, -0.15) is 0 Å². The lowest BCUT2D eigenvalue weighted by atomic mass is 10.0. The van der Waals surface area contributed by atoms with Gasteiger partial charge in [-0.25, -0.2) is 0 Å². The number of carbonyl (C=O) groups excluding carboxylic acids is 2. The molecule has 25 heavy (non-hydrogen) atoms. The van der Waals surface area contributed by atoms with Crippen molar-refractivity contribution in [1.82, 2.24) is 5.32 Å². The van der Waals surface area contributed by atoms with Gasteiger partial charge in [0.15, 0.2) is 5.78 Å². The van der Waals surface area contributed by atoms with E-state index in [1.165, 1.54) is 0 Å². The predicted octanol–water partition coefficient (Wildman–Crippen LogP) is 3.48. The van der Waals surface area contributed by atoms with Crippen molar-refractivity contribution in [2.75, 3.05) is 26.4 Å². The highest BCUT2D eigenvalue weighted by Gasteiger charge is 2.09. The Bertz CT molecular complexity index is 523. The van der Waals surface area contributed by atoms with Crippen molar-refractivity contribution in [3.63, 3.8) is 0 Å². The molecule has 1 aromatic rings. The van der Waals surface area contributed by atoms with Crippen LogP contribution in [0.5, 0.6) is 0 Å². The molecule has 1 aromatic carbocycles. The quantitative estimate of drug-likeness (QED) is 0.463. The molecule has 0 radical (unpaired) electrons. The molecule has 5 nitrogen and oxygen atoms in total. The van der Waals surface area contributed by atoms with E-state index in [2.05, 4.69) is 5.32 Å². The Morgan fingerprint density at radius 3 is 2.20 bits per heavy atom. The Labute approximate surface area is 151 Å². The van der Waals surface area contributed by atoms with E-state index < -0.39 is 0 Å². The summed E-state index contributed by atoms with van der Waals surface area (Å²) in [4.78, 5) is 24.1. The molecular formula is C20H31NO4. The second-order valence-electron chi connectivity index (χ2n) is 6.74. The molecule has 140 valence electrons. The SMILES string of the molecule is CC(C)CNC(=O)c1ccc(C(=O)CCCOCCOC(C)C)cc1. The molecule has 0 aliphatic heterocycles. The van der Waals surface area contributed by atoms with Crippen molar-refractivity contribution in [3.05, 3.63) is 35.4 Å². The lowest BCUT2D eigenvalue weighted by molar-refractivity contribution is 0.0188. The van der Waals surface area contributed by atoms with Gasteiger partial charge >= 0.3 is 0 Å². The lowest BCUT2D eigenvalue weighted by Crippen LogP contribution is -2.27. The number of hydrogen-bond acceptors (Lipinski definition) is 4. The van der Waals surface area contributed by atoms with Crippen LogP contribution in [-0.4, -0.2) is 44.2 Å². The second kappa shape index (κ2) is 11.8. The van der Waals surface area contributed by atoms with Gasteiger partial charge in [-0.1, -0.05) is 26.0 Å². The predicted molar refractivity (Wildman–Crippen MR) is 99.1 cm³/mol. The van der Waals surface area contributed by atoms with Crippen LogP contribution in [0.25, 0.3) is 0 Å². The van der Waals surface area contributed by atoms with Crippen molar-refractivity contribution in [2.24, 2.45) is 5.92 Å². The van der Waals surface area contributed by atoms with E-state index in [4.69, 9.17) is 9.47 Å². The molecule has 0 aliphatic rings. The van der Waals surface area contributed by atoms with E-state index in [0.29, 0.717) is 56.3 Å². The molecule has 1 rings (SSSR count). The maximum Gasteiger partial charge on any atom is 0.251 e. The van der Waals surface area contributed by atoms with E-state index in [1.807, 2.05) is 27.7 Å². The minimum Gasteiger partial charge on any atom is -0.379 e. The van der Waals surface area contributed by atoms with Crippen molar-refractivity contribution < 1.29 is 19.1 Å². The maximum atomic E-state index is 12.1. The highest BCUT2D eigenvalue weighted by atomic mass is 16.5. The van der Waals surface area contributed by atoms with Gasteiger partial charge in [-0.05, 0) is 38.3 Å². The molecule has 0 saturated heterocycles. The van der Waals surface area contributed by atoms with E-state index in [0.717, 1.165) is 0 Å². The largest absolute Gasteiger partial charge is 0.379 e. The number of amides is 1. The lowest BCUT2D eigenvalue weighted by Gasteiger charge is -2.09. The fourth-order valence-corrected chi connectivity index (χ4v) is 2.13. The molecular weight excluding hydrogens is 318 g/mol. The average molecular weight is 349 g/mol. The van der Waals surface area contributed by atoms with Crippen LogP contribution in [0.15, 0.2) is 24.3 Å². The third-order valence-corrected chi connectivity index (χ3v) is 3.51. The first-order valence-electron chi connectivity index (χ1n) is 9.01. The molecule has 1 N–H and O–H groups in total. The first-order valence-corrected chi connectivity index (χ1v) is 9.01.